The molecule has 2 N–H and O–H groups in total. The van der Waals surface area contributed by atoms with Crippen molar-refractivity contribution >= 4 is 5.65 Å². The first-order valence-corrected chi connectivity index (χ1v) is 4.25. The van der Waals surface area contributed by atoms with E-state index in [1.54, 1.807) is 4.52 Å². The first kappa shape index (κ1) is 6.97. The zero-order valence-corrected chi connectivity index (χ0v) is 7.01. The molecule has 2 heterocycles. The van der Waals surface area contributed by atoms with Crippen molar-refractivity contribution in [1.29, 1.82) is 0 Å². The van der Waals surface area contributed by atoms with Crippen LogP contribution in [0, 0.1) is 0 Å². The smallest absolute Gasteiger partial charge is 0.179 e. The van der Waals surface area contributed by atoms with Gasteiger partial charge in [0.05, 0.1) is 0 Å². The Bertz CT molecular complexity index is 456. The summed E-state index contributed by atoms with van der Waals surface area (Å²) in [6.07, 6.45) is 3.97. The molecule has 2 aromatic heterocycles. The van der Waals surface area contributed by atoms with Crippen molar-refractivity contribution in [3.8, 4) is 0 Å². The van der Waals surface area contributed by atoms with Crippen molar-refractivity contribution in [1.82, 2.24) is 20.0 Å². The highest BCUT2D eigenvalue weighted by Gasteiger charge is 2.40. The van der Waals surface area contributed by atoms with Crippen molar-refractivity contribution in [2.75, 3.05) is 0 Å². The molecule has 0 spiro atoms. The zero-order valence-electron chi connectivity index (χ0n) is 7.01. The molecule has 0 radical (unpaired) electrons. The van der Waals surface area contributed by atoms with Crippen molar-refractivity contribution in [2.24, 2.45) is 5.73 Å². The van der Waals surface area contributed by atoms with E-state index in [2.05, 4.69) is 15.5 Å². The molecular weight excluding hydrogens is 166 g/mol. The first-order valence-electron chi connectivity index (χ1n) is 4.25. The van der Waals surface area contributed by atoms with Gasteiger partial charge in [0.15, 0.2) is 5.65 Å². The summed E-state index contributed by atoms with van der Waals surface area (Å²) in [7, 11) is 0. The van der Waals surface area contributed by atoms with Crippen LogP contribution in [0.25, 0.3) is 5.65 Å². The fraction of sp³-hybridized carbons (Fsp3) is 0.375. The van der Waals surface area contributed by atoms with Crippen molar-refractivity contribution in [2.45, 2.75) is 18.4 Å². The van der Waals surface area contributed by atoms with Gasteiger partial charge in [-0.1, -0.05) is 0 Å². The summed E-state index contributed by atoms with van der Waals surface area (Å²) in [5.41, 5.74) is 7.84. The molecule has 1 aliphatic rings. The van der Waals surface area contributed by atoms with Crippen LogP contribution in [0.1, 0.15) is 18.4 Å². The van der Waals surface area contributed by atoms with Gasteiger partial charge in [0.2, 0.25) is 0 Å². The second-order valence-corrected chi connectivity index (χ2v) is 3.55. The molecule has 66 valence electrons. The van der Waals surface area contributed by atoms with Gasteiger partial charge < -0.3 is 5.73 Å². The molecular formula is C8H9N5. The number of hydrogen-bond acceptors (Lipinski definition) is 4. The molecule has 1 fully saturated rings. The molecule has 0 aliphatic heterocycles. The van der Waals surface area contributed by atoms with E-state index in [9.17, 15) is 0 Å². The predicted molar refractivity (Wildman–Crippen MR) is 45.9 cm³/mol. The van der Waals surface area contributed by atoms with Gasteiger partial charge in [0.25, 0.3) is 0 Å². The average Bonchev–Trinajstić information content (AvgIpc) is 2.74. The molecule has 0 aromatic carbocycles. The van der Waals surface area contributed by atoms with E-state index in [1.807, 2.05) is 18.3 Å². The fourth-order valence-electron chi connectivity index (χ4n) is 1.47. The van der Waals surface area contributed by atoms with Gasteiger partial charge in [-0.2, -0.15) is 0 Å². The van der Waals surface area contributed by atoms with E-state index < -0.39 is 0 Å². The maximum Gasteiger partial charge on any atom is 0.179 e. The van der Waals surface area contributed by atoms with Crippen LogP contribution in [-0.2, 0) is 5.54 Å². The number of tetrazole rings is 1. The quantitative estimate of drug-likeness (QED) is 0.666. The Balaban J connectivity index is 2.20. The van der Waals surface area contributed by atoms with E-state index >= 15 is 0 Å². The standard InChI is InChI=1S/C8H9N5/c9-8(2-3-8)6-1-4-13-7(5-6)10-11-12-13/h1,4-5H,2-3,9H2. The molecule has 5 nitrogen and oxygen atoms in total. The highest BCUT2D eigenvalue weighted by molar-refractivity contribution is 5.42. The zero-order chi connectivity index (χ0) is 8.89. The minimum absolute atomic E-state index is 0.103. The molecule has 5 heteroatoms. The summed E-state index contributed by atoms with van der Waals surface area (Å²) >= 11 is 0. The number of aromatic nitrogens is 4. The Labute approximate surface area is 74.5 Å². The van der Waals surface area contributed by atoms with Crippen LogP contribution in [0.4, 0.5) is 0 Å². The van der Waals surface area contributed by atoms with Gasteiger partial charge in [-0.3, -0.25) is 0 Å². The van der Waals surface area contributed by atoms with E-state index in [4.69, 9.17) is 5.73 Å². The number of nitrogens with two attached hydrogens (primary N) is 1. The predicted octanol–water partition coefficient (Wildman–Crippen LogP) is 0.0721. The monoisotopic (exact) mass is 175 g/mol. The highest BCUT2D eigenvalue weighted by atomic mass is 15.5. The molecule has 3 rings (SSSR count). The Morgan fingerprint density at radius 2 is 2.31 bits per heavy atom. The minimum atomic E-state index is -0.103. The third-order valence-corrected chi connectivity index (χ3v) is 2.56. The topological polar surface area (TPSA) is 69.1 Å². The second kappa shape index (κ2) is 2.05. The van der Waals surface area contributed by atoms with Gasteiger partial charge in [-0.15, -0.1) is 5.10 Å². The summed E-state index contributed by atoms with van der Waals surface area (Å²) in [4.78, 5) is 0. The maximum atomic E-state index is 6.05. The third kappa shape index (κ3) is 0.936. The van der Waals surface area contributed by atoms with Gasteiger partial charge in [-0.05, 0) is 41.0 Å². The van der Waals surface area contributed by atoms with Crippen LogP contribution in [0.3, 0.4) is 0 Å². The number of pyridine rings is 1. The number of nitrogens with zero attached hydrogens (tertiary/aromatic N) is 4. The summed E-state index contributed by atoms with van der Waals surface area (Å²) in [5.74, 6) is 0. The van der Waals surface area contributed by atoms with Gasteiger partial charge in [-0.25, -0.2) is 4.52 Å². The van der Waals surface area contributed by atoms with Crippen LogP contribution in [0.5, 0.6) is 0 Å². The van der Waals surface area contributed by atoms with Gasteiger partial charge in [0.1, 0.15) is 0 Å². The third-order valence-electron chi connectivity index (χ3n) is 2.56. The Morgan fingerprint density at radius 3 is 3.08 bits per heavy atom. The van der Waals surface area contributed by atoms with Gasteiger partial charge >= 0.3 is 0 Å². The molecule has 0 unspecified atom stereocenters. The normalized spacial score (nSPS) is 19.2. The van der Waals surface area contributed by atoms with Crippen molar-refractivity contribution in [3.63, 3.8) is 0 Å². The van der Waals surface area contributed by atoms with E-state index in [-0.39, 0.29) is 5.54 Å². The van der Waals surface area contributed by atoms with Crippen LogP contribution in [0.2, 0.25) is 0 Å². The van der Waals surface area contributed by atoms with Crippen LogP contribution >= 0.6 is 0 Å². The lowest BCUT2D eigenvalue weighted by Crippen LogP contribution is -2.18. The Kier molecular flexibility index (Phi) is 1.10. The Morgan fingerprint density at radius 1 is 1.46 bits per heavy atom. The molecule has 0 amide bonds. The summed E-state index contributed by atoms with van der Waals surface area (Å²) < 4.78 is 1.63. The molecule has 1 aliphatic carbocycles. The number of rotatable bonds is 1. The lowest BCUT2D eigenvalue weighted by Gasteiger charge is -2.07. The number of hydrogen-bond donors (Lipinski definition) is 1. The maximum absolute atomic E-state index is 6.05. The molecule has 1 saturated carbocycles. The summed E-state index contributed by atoms with van der Waals surface area (Å²) in [6.45, 7) is 0. The second-order valence-electron chi connectivity index (χ2n) is 3.55. The largest absolute Gasteiger partial charge is 0.321 e. The number of fused-ring (bicyclic) bond motifs is 1. The Hall–Kier alpha value is -1.49. The van der Waals surface area contributed by atoms with Crippen molar-refractivity contribution in [3.05, 3.63) is 23.9 Å². The lowest BCUT2D eigenvalue weighted by molar-refractivity contribution is 0.735. The average molecular weight is 175 g/mol. The molecule has 0 atom stereocenters. The van der Waals surface area contributed by atoms with E-state index in [0.717, 1.165) is 24.1 Å². The lowest BCUT2D eigenvalue weighted by atomic mass is 10.1. The minimum Gasteiger partial charge on any atom is -0.321 e. The highest BCUT2D eigenvalue weighted by Crippen LogP contribution is 2.42. The molecule has 0 saturated heterocycles. The van der Waals surface area contributed by atoms with Crippen LogP contribution in [0.15, 0.2) is 18.3 Å². The molecule has 0 bridgehead atoms. The van der Waals surface area contributed by atoms with E-state index in [0.29, 0.717) is 0 Å². The van der Waals surface area contributed by atoms with Gasteiger partial charge in [0, 0.05) is 11.7 Å². The summed E-state index contributed by atoms with van der Waals surface area (Å²) in [6, 6.07) is 3.93. The van der Waals surface area contributed by atoms with E-state index in [1.165, 1.54) is 0 Å². The van der Waals surface area contributed by atoms with Crippen LogP contribution in [-0.4, -0.2) is 20.0 Å². The fourth-order valence-corrected chi connectivity index (χ4v) is 1.47. The summed E-state index contributed by atoms with van der Waals surface area (Å²) in [5, 5.41) is 11.2. The van der Waals surface area contributed by atoms with Crippen molar-refractivity contribution < 1.29 is 0 Å². The SMILES string of the molecule is NC1(c2ccn3nnnc3c2)CC1. The first-order chi connectivity index (χ1) is 6.28. The molecule has 13 heavy (non-hydrogen) atoms. The molecule has 2 aromatic rings. The van der Waals surface area contributed by atoms with Crippen LogP contribution < -0.4 is 5.73 Å².